The molecule has 1 aromatic rings. The summed E-state index contributed by atoms with van der Waals surface area (Å²) in [5.74, 6) is -0.195. The van der Waals surface area contributed by atoms with Crippen LogP contribution in [0.1, 0.15) is 31.7 Å². The molecule has 0 fully saturated rings. The zero-order valence-corrected chi connectivity index (χ0v) is 11.8. The molecule has 0 aliphatic rings. The van der Waals surface area contributed by atoms with Crippen molar-refractivity contribution in [1.29, 1.82) is 0 Å². The number of halogens is 1. The fourth-order valence-corrected chi connectivity index (χ4v) is 3.03. The second-order valence-electron chi connectivity index (χ2n) is 3.73. The Hall–Kier alpha value is -0.680. The maximum absolute atomic E-state index is 10.9. The number of carboxylic acid groups (broad SMARTS) is 1. The van der Waals surface area contributed by atoms with E-state index >= 15 is 0 Å². The number of aromatic nitrogens is 2. The van der Waals surface area contributed by atoms with Crippen LogP contribution in [0.15, 0.2) is 0 Å². The van der Waals surface area contributed by atoms with Crippen LogP contribution in [-0.2, 0) is 24.0 Å². The Bertz CT molecular complexity index is 406. The van der Waals surface area contributed by atoms with Gasteiger partial charge in [0.15, 0.2) is 0 Å². The lowest BCUT2D eigenvalue weighted by molar-refractivity contribution is -0.136. The Morgan fingerprint density at radius 3 is 2.65 bits per heavy atom. The minimum absolute atomic E-state index is 0.383. The average Bonchev–Trinajstić information content (AvgIpc) is 2.56. The number of thioether (sulfide) groups is 1. The van der Waals surface area contributed by atoms with Gasteiger partial charge in [-0.2, -0.15) is 5.10 Å². The molecule has 0 spiro atoms. The fourth-order valence-electron chi connectivity index (χ4n) is 1.52. The molecule has 1 N–H and O–H groups in total. The predicted octanol–water partition coefficient (Wildman–Crippen LogP) is 2.73. The van der Waals surface area contributed by atoms with E-state index in [2.05, 4.69) is 5.10 Å². The zero-order valence-electron chi connectivity index (χ0n) is 10.2. The maximum atomic E-state index is 10.9. The smallest absolute Gasteiger partial charge is 0.316 e. The van der Waals surface area contributed by atoms with Gasteiger partial charge in [-0.15, -0.1) is 11.8 Å². The van der Waals surface area contributed by atoms with Crippen molar-refractivity contribution in [2.24, 2.45) is 7.05 Å². The topological polar surface area (TPSA) is 55.1 Å². The maximum Gasteiger partial charge on any atom is 0.316 e. The lowest BCUT2D eigenvalue weighted by atomic mass is 10.3. The van der Waals surface area contributed by atoms with Gasteiger partial charge in [-0.25, -0.2) is 0 Å². The third kappa shape index (κ3) is 3.39. The molecule has 1 heterocycles. The standard InChI is InChI=1S/C11H17ClN2O2S/c1-4-7-10(12)8(14(3)13-7)6-17-9(5-2)11(15)16/h9H,4-6H2,1-3H3,(H,15,16). The number of carbonyl (C=O) groups is 1. The molecule has 1 aromatic heterocycles. The summed E-state index contributed by atoms with van der Waals surface area (Å²) in [6.07, 6.45) is 1.39. The Balaban J connectivity index is 2.75. The molecule has 4 nitrogen and oxygen atoms in total. The van der Waals surface area contributed by atoms with Crippen molar-refractivity contribution in [3.63, 3.8) is 0 Å². The van der Waals surface area contributed by atoms with E-state index in [4.69, 9.17) is 16.7 Å². The van der Waals surface area contributed by atoms with E-state index in [1.165, 1.54) is 11.8 Å². The van der Waals surface area contributed by atoms with Crippen LogP contribution >= 0.6 is 23.4 Å². The van der Waals surface area contributed by atoms with Crippen LogP contribution in [0.3, 0.4) is 0 Å². The molecule has 0 aromatic carbocycles. The van der Waals surface area contributed by atoms with E-state index < -0.39 is 5.97 Å². The second-order valence-corrected chi connectivity index (χ2v) is 5.30. The van der Waals surface area contributed by atoms with Gasteiger partial charge in [0.2, 0.25) is 0 Å². The number of aliphatic carboxylic acids is 1. The molecular formula is C11H17ClN2O2S. The van der Waals surface area contributed by atoms with Crippen LogP contribution in [-0.4, -0.2) is 26.1 Å². The van der Waals surface area contributed by atoms with Crippen LogP contribution < -0.4 is 0 Å². The normalized spacial score (nSPS) is 12.7. The molecule has 0 amide bonds. The van der Waals surface area contributed by atoms with Crippen molar-refractivity contribution in [2.75, 3.05) is 0 Å². The third-order valence-corrected chi connectivity index (χ3v) is 4.38. The fraction of sp³-hybridized carbons (Fsp3) is 0.636. The quantitative estimate of drug-likeness (QED) is 0.868. The highest BCUT2D eigenvalue weighted by atomic mass is 35.5. The van der Waals surface area contributed by atoms with Gasteiger partial charge in [0.25, 0.3) is 0 Å². The van der Waals surface area contributed by atoms with Crippen molar-refractivity contribution in [3.05, 3.63) is 16.4 Å². The SMILES string of the molecule is CCc1nn(C)c(CSC(CC)C(=O)O)c1Cl. The summed E-state index contributed by atoms with van der Waals surface area (Å²) < 4.78 is 1.74. The summed E-state index contributed by atoms with van der Waals surface area (Å²) in [7, 11) is 1.84. The first kappa shape index (κ1) is 14.4. The highest BCUT2D eigenvalue weighted by molar-refractivity contribution is 7.99. The van der Waals surface area contributed by atoms with Gasteiger partial charge in [-0.1, -0.05) is 25.4 Å². The minimum atomic E-state index is -0.772. The number of aryl methyl sites for hydroxylation is 2. The third-order valence-electron chi connectivity index (χ3n) is 2.57. The van der Waals surface area contributed by atoms with Crippen molar-refractivity contribution in [1.82, 2.24) is 9.78 Å². The molecular weight excluding hydrogens is 260 g/mol. The first-order valence-corrected chi connectivity index (χ1v) is 6.98. The molecule has 0 bridgehead atoms. The number of rotatable bonds is 6. The first-order chi connectivity index (χ1) is 8.01. The Labute approximate surface area is 110 Å². The van der Waals surface area contributed by atoms with Gasteiger partial charge in [0.05, 0.1) is 16.4 Å². The monoisotopic (exact) mass is 276 g/mol. The summed E-state index contributed by atoms with van der Waals surface area (Å²) in [6.45, 7) is 3.87. The first-order valence-electron chi connectivity index (χ1n) is 5.55. The second kappa shape index (κ2) is 6.31. The number of hydrogen-bond donors (Lipinski definition) is 1. The van der Waals surface area contributed by atoms with Crippen LogP contribution in [0, 0.1) is 0 Å². The molecule has 1 unspecified atom stereocenters. The van der Waals surface area contributed by atoms with Crippen LogP contribution in [0.2, 0.25) is 5.02 Å². The molecule has 96 valence electrons. The Kier molecular flexibility index (Phi) is 5.33. The van der Waals surface area contributed by atoms with Gasteiger partial charge in [-0.3, -0.25) is 9.48 Å². The Morgan fingerprint density at radius 2 is 2.24 bits per heavy atom. The summed E-state index contributed by atoms with van der Waals surface area (Å²) in [5, 5.41) is 13.6. The van der Waals surface area contributed by atoms with Crippen LogP contribution in [0.25, 0.3) is 0 Å². The Morgan fingerprint density at radius 1 is 1.59 bits per heavy atom. The van der Waals surface area contributed by atoms with Crippen molar-refractivity contribution >= 4 is 29.3 Å². The molecule has 0 radical (unpaired) electrons. The number of hydrogen-bond acceptors (Lipinski definition) is 3. The van der Waals surface area contributed by atoms with E-state index in [9.17, 15) is 4.79 Å². The summed E-state index contributed by atoms with van der Waals surface area (Å²) in [6, 6.07) is 0. The summed E-state index contributed by atoms with van der Waals surface area (Å²) >= 11 is 7.58. The van der Waals surface area contributed by atoms with Gasteiger partial charge < -0.3 is 5.11 Å². The molecule has 0 saturated carbocycles. The summed E-state index contributed by atoms with van der Waals surface area (Å²) in [5.41, 5.74) is 1.77. The van der Waals surface area contributed by atoms with E-state index in [1.807, 2.05) is 20.9 Å². The van der Waals surface area contributed by atoms with Crippen molar-refractivity contribution in [2.45, 2.75) is 37.7 Å². The van der Waals surface area contributed by atoms with E-state index in [0.717, 1.165) is 17.8 Å². The van der Waals surface area contributed by atoms with Gasteiger partial charge in [0.1, 0.15) is 5.25 Å². The molecule has 0 aliphatic heterocycles. The van der Waals surface area contributed by atoms with Gasteiger partial charge >= 0.3 is 5.97 Å². The largest absolute Gasteiger partial charge is 0.480 e. The minimum Gasteiger partial charge on any atom is -0.480 e. The molecule has 0 saturated heterocycles. The highest BCUT2D eigenvalue weighted by Crippen LogP contribution is 2.27. The van der Waals surface area contributed by atoms with Crippen molar-refractivity contribution in [3.8, 4) is 0 Å². The molecule has 1 rings (SSSR count). The summed E-state index contributed by atoms with van der Waals surface area (Å²) in [4.78, 5) is 10.9. The van der Waals surface area contributed by atoms with E-state index in [-0.39, 0.29) is 5.25 Å². The zero-order chi connectivity index (χ0) is 13.0. The van der Waals surface area contributed by atoms with E-state index in [1.54, 1.807) is 4.68 Å². The lowest BCUT2D eigenvalue weighted by Gasteiger charge is -2.09. The predicted molar refractivity (Wildman–Crippen MR) is 70.6 cm³/mol. The van der Waals surface area contributed by atoms with Crippen LogP contribution in [0.5, 0.6) is 0 Å². The molecule has 17 heavy (non-hydrogen) atoms. The van der Waals surface area contributed by atoms with Crippen LogP contribution in [0.4, 0.5) is 0 Å². The number of nitrogens with zero attached hydrogens (tertiary/aromatic N) is 2. The average molecular weight is 277 g/mol. The molecule has 1 atom stereocenters. The molecule has 6 heteroatoms. The van der Waals surface area contributed by atoms with Crippen molar-refractivity contribution < 1.29 is 9.90 Å². The lowest BCUT2D eigenvalue weighted by Crippen LogP contribution is -2.15. The van der Waals surface area contributed by atoms with E-state index in [0.29, 0.717) is 17.2 Å². The molecule has 0 aliphatic carbocycles. The van der Waals surface area contributed by atoms with Gasteiger partial charge in [-0.05, 0) is 12.8 Å². The highest BCUT2D eigenvalue weighted by Gasteiger charge is 2.19. The van der Waals surface area contributed by atoms with Gasteiger partial charge in [0, 0.05) is 12.8 Å². The number of carboxylic acids is 1.